The predicted octanol–water partition coefficient (Wildman–Crippen LogP) is 2.26. The van der Waals surface area contributed by atoms with Crippen LogP contribution in [0.25, 0.3) is 0 Å². The topological polar surface area (TPSA) is 27.8 Å². The van der Waals surface area contributed by atoms with E-state index >= 15 is 0 Å². The highest BCUT2D eigenvalue weighted by atomic mass is 15.0. The Balaban J connectivity index is 2.01. The lowest BCUT2D eigenvalue weighted by Gasteiger charge is -2.31. The van der Waals surface area contributed by atoms with Gasteiger partial charge < -0.3 is 10.3 Å². The minimum absolute atomic E-state index is 0.235. The number of aromatic nitrogens is 1. The monoisotopic (exact) mass is 192 g/mol. The van der Waals surface area contributed by atoms with Crippen LogP contribution in [-0.2, 0) is 12.8 Å². The van der Waals surface area contributed by atoms with Crippen molar-refractivity contribution in [1.82, 2.24) is 10.3 Å². The first kappa shape index (κ1) is 9.78. The van der Waals surface area contributed by atoms with Crippen molar-refractivity contribution in [2.24, 2.45) is 0 Å². The average molecular weight is 192 g/mol. The minimum atomic E-state index is 0.235. The standard InChI is InChI=1S/C12H20N2/c1-12(2,3)14-10-4-5-11-9(8-10)6-7-13-11/h6-7,10,13-14H,4-5,8H2,1-3H3. The van der Waals surface area contributed by atoms with Gasteiger partial charge in [-0.15, -0.1) is 0 Å². The SMILES string of the molecule is CC(C)(C)NC1CCc2[nH]ccc2C1. The molecule has 0 fully saturated rings. The van der Waals surface area contributed by atoms with Gasteiger partial charge in [-0.3, -0.25) is 0 Å². The molecule has 1 aliphatic carbocycles. The summed E-state index contributed by atoms with van der Waals surface area (Å²) in [7, 11) is 0. The number of nitrogens with one attached hydrogen (secondary N) is 2. The zero-order chi connectivity index (χ0) is 10.2. The molecular formula is C12H20N2. The Morgan fingerprint density at radius 1 is 1.43 bits per heavy atom. The molecule has 14 heavy (non-hydrogen) atoms. The van der Waals surface area contributed by atoms with Gasteiger partial charge in [0.2, 0.25) is 0 Å². The molecule has 2 rings (SSSR count). The van der Waals surface area contributed by atoms with Crippen molar-refractivity contribution in [2.45, 2.75) is 51.6 Å². The minimum Gasteiger partial charge on any atom is -0.365 e. The number of rotatable bonds is 1. The molecule has 1 aromatic rings. The summed E-state index contributed by atoms with van der Waals surface area (Å²) in [6.07, 6.45) is 5.68. The fraction of sp³-hybridized carbons (Fsp3) is 0.667. The number of hydrogen-bond acceptors (Lipinski definition) is 1. The maximum absolute atomic E-state index is 3.67. The third kappa shape index (κ3) is 2.18. The molecule has 2 nitrogen and oxygen atoms in total. The number of aromatic amines is 1. The first-order chi connectivity index (χ1) is 6.54. The molecule has 1 unspecified atom stereocenters. The van der Waals surface area contributed by atoms with Crippen molar-refractivity contribution in [3.05, 3.63) is 23.5 Å². The first-order valence-electron chi connectivity index (χ1n) is 5.47. The number of fused-ring (bicyclic) bond motifs is 1. The lowest BCUT2D eigenvalue weighted by atomic mass is 9.91. The van der Waals surface area contributed by atoms with E-state index in [9.17, 15) is 0 Å². The zero-order valence-electron chi connectivity index (χ0n) is 9.35. The van der Waals surface area contributed by atoms with Gasteiger partial charge in [0.25, 0.3) is 0 Å². The summed E-state index contributed by atoms with van der Waals surface area (Å²) >= 11 is 0. The number of aryl methyl sites for hydroxylation is 1. The van der Waals surface area contributed by atoms with Crippen molar-refractivity contribution in [2.75, 3.05) is 0 Å². The molecule has 0 saturated heterocycles. The van der Waals surface area contributed by atoms with Crippen molar-refractivity contribution in [1.29, 1.82) is 0 Å². The Kier molecular flexibility index (Phi) is 2.40. The molecule has 0 aromatic carbocycles. The van der Waals surface area contributed by atoms with Gasteiger partial charge in [0, 0.05) is 23.5 Å². The Morgan fingerprint density at radius 2 is 2.21 bits per heavy atom. The van der Waals surface area contributed by atoms with E-state index in [1.807, 2.05) is 0 Å². The summed E-state index contributed by atoms with van der Waals surface area (Å²) in [4.78, 5) is 3.31. The Hall–Kier alpha value is -0.760. The van der Waals surface area contributed by atoms with Crippen LogP contribution in [0.4, 0.5) is 0 Å². The van der Waals surface area contributed by atoms with E-state index in [1.165, 1.54) is 30.5 Å². The van der Waals surface area contributed by atoms with Gasteiger partial charge >= 0.3 is 0 Å². The second-order valence-electron chi connectivity index (χ2n) is 5.32. The van der Waals surface area contributed by atoms with E-state index in [2.05, 4.69) is 43.3 Å². The molecule has 1 atom stereocenters. The van der Waals surface area contributed by atoms with Crippen molar-refractivity contribution >= 4 is 0 Å². The lowest BCUT2D eigenvalue weighted by Crippen LogP contribution is -2.46. The Bertz CT molecular complexity index is 306. The molecule has 1 aromatic heterocycles. The zero-order valence-corrected chi connectivity index (χ0v) is 9.35. The van der Waals surface area contributed by atoms with Crippen LogP contribution < -0.4 is 5.32 Å². The molecule has 1 heterocycles. The molecule has 1 aliphatic rings. The summed E-state index contributed by atoms with van der Waals surface area (Å²) in [6.45, 7) is 6.71. The third-order valence-corrected chi connectivity index (χ3v) is 2.78. The summed E-state index contributed by atoms with van der Waals surface area (Å²) in [5.74, 6) is 0. The molecule has 0 radical (unpaired) electrons. The van der Waals surface area contributed by atoms with E-state index in [0.717, 1.165) is 0 Å². The van der Waals surface area contributed by atoms with Crippen molar-refractivity contribution < 1.29 is 0 Å². The number of H-pyrrole nitrogens is 1. The van der Waals surface area contributed by atoms with Crippen LogP contribution in [0.2, 0.25) is 0 Å². The second-order valence-corrected chi connectivity index (χ2v) is 5.32. The molecule has 0 amide bonds. The smallest absolute Gasteiger partial charge is 0.0180 e. The summed E-state index contributed by atoms with van der Waals surface area (Å²) in [6, 6.07) is 2.87. The Labute approximate surface area is 86.1 Å². The molecule has 0 bridgehead atoms. The average Bonchev–Trinajstić information content (AvgIpc) is 2.47. The second kappa shape index (κ2) is 3.43. The summed E-state index contributed by atoms with van der Waals surface area (Å²) in [5, 5.41) is 3.67. The normalized spacial score (nSPS) is 22.1. The largest absolute Gasteiger partial charge is 0.365 e. The van der Waals surface area contributed by atoms with Gasteiger partial charge in [-0.1, -0.05) is 0 Å². The van der Waals surface area contributed by atoms with Gasteiger partial charge in [-0.25, -0.2) is 0 Å². The third-order valence-electron chi connectivity index (χ3n) is 2.78. The van der Waals surface area contributed by atoms with Gasteiger partial charge in [0.05, 0.1) is 0 Å². The maximum atomic E-state index is 3.67. The molecule has 2 N–H and O–H groups in total. The van der Waals surface area contributed by atoms with Gasteiger partial charge in [0.1, 0.15) is 0 Å². The van der Waals surface area contributed by atoms with Gasteiger partial charge in [-0.05, 0) is 51.7 Å². The molecule has 78 valence electrons. The van der Waals surface area contributed by atoms with Crippen LogP contribution in [0.15, 0.2) is 12.3 Å². The van der Waals surface area contributed by atoms with E-state index in [1.54, 1.807) is 0 Å². The van der Waals surface area contributed by atoms with Gasteiger partial charge in [-0.2, -0.15) is 0 Å². The van der Waals surface area contributed by atoms with Crippen LogP contribution in [-0.4, -0.2) is 16.6 Å². The lowest BCUT2D eigenvalue weighted by molar-refractivity contribution is 0.335. The fourth-order valence-corrected chi connectivity index (χ4v) is 2.28. The fourth-order valence-electron chi connectivity index (χ4n) is 2.28. The summed E-state index contributed by atoms with van der Waals surface area (Å²) < 4.78 is 0. The molecular weight excluding hydrogens is 172 g/mol. The molecule has 2 heteroatoms. The Morgan fingerprint density at radius 3 is 2.93 bits per heavy atom. The van der Waals surface area contributed by atoms with E-state index < -0.39 is 0 Å². The number of hydrogen-bond donors (Lipinski definition) is 2. The summed E-state index contributed by atoms with van der Waals surface area (Å²) in [5.41, 5.74) is 3.17. The van der Waals surface area contributed by atoms with Crippen LogP contribution in [0.3, 0.4) is 0 Å². The van der Waals surface area contributed by atoms with Crippen LogP contribution in [0.5, 0.6) is 0 Å². The molecule has 0 saturated carbocycles. The molecule has 0 aliphatic heterocycles. The van der Waals surface area contributed by atoms with Crippen LogP contribution in [0, 0.1) is 0 Å². The first-order valence-corrected chi connectivity index (χ1v) is 5.47. The van der Waals surface area contributed by atoms with Crippen LogP contribution in [0.1, 0.15) is 38.4 Å². The van der Waals surface area contributed by atoms with Crippen molar-refractivity contribution in [3.63, 3.8) is 0 Å². The maximum Gasteiger partial charge on any atom is 0.0180 e. The quantitative estimate of drug-likeness (QED) is 0.702. The highest BCUT2D eigenvalue weighted by Gasteiger charge is 2.22. The van der Waals surface area contributed by atoms with Crippen LogP contribution >= 0.6 is 0 Å². The van der Waals surface area contributed by atoms with E-state index in [4.69, 9.17) is 0 Å². The van der Waals surface area contributed by atoms with Gasteiger partial charge in [0.15, 0.2) is 0 Å². The highest BCUT2D eigenvalue weighted by molar-refractivity contribution is 5.24. The molecule has 0 spiro atoms. The van der Waals surface area contributed by atoms with E-state index in [-0.39, 0.29) is 5.54 Å². The van der Waals surface area contributed by atoms with Crippen molar-refractivity contribution in [3.8, 4) is 0 Å². The van der Waals surface area contributed by atoms with E-state index in [0.29, 0.717) is 6.04 Å². The highest BCUT2D eigenvalue weighted by Crippen LogP contribution is 2.21. The predicted molar refractivity (Wildman–Crippen MR) is 59.5 cm³/mol.